The quantitative estimate of drug-likeness (QED) is 0.694. The van der Waals surface area contributed by atoms with E-state index in [0.717, 1.165) is 24.8 Å². The molecule has 0 aromatic heterocycles. The van der Waals surface area contributed by atoms with Crippen LogP contribution in [0.1, 0.15) is 19.3 Å². The number of hydrogen-bond acceptors (Lipinski definition) is 1. The standard InChI is InChI=1S/C13H15NO/c14-13(15)12-9-5-7-10-6-3-1-2-4-8-11(10)12/h1-4,6,8,12H,5,7,9H2,(H2,14,15). The molecule has 0 saturated heterocycles. The highest BCUT2D eigenvalue weighted by Gasteiger charge is 2.24. The van der Waals surface area contributed by atoms with Gasteiger partial charge in [-0.15, -0.1) is 0 Å². The van der Waals surface area contributed by atoms with E-state index in [1.54, 1.807) is 0 Å². The highest BCUT2D eigenvalue weighted by Crippen LogP contribution is 2.32. The van der Waals surface area contributed by atoms with Crippen LogP contribution in [0.5, 0.6) is 0 Å². The van der Waals surface area contributed by atoms with Crippen LogP contribution in [0.2, 0.25) is 0 Å². The van der Waals surface area contributed by atoms with E-state index in [0.29, 0.717) is 0 Å². The lowest BCUT2D eigenvalue weighted by molar-refractivity contribution is -0.120. The molecule has 2 nitrogen and oxygen atoms in total. The van der Waals surface area contributed by atoms with Crippen molar-refractivity contribution in [3.63, 3.8) is 0 Å². The van der Waals surface area contributed by atoms with Crippen LogP contribution in [-0.2, 0) is 4.79 Å². The molecule has 2 N–H and O–H groups in total. The molecule has 78 valence electrons. The van der Waals surface area contributed by atoms with Gasteiger partial charge in [-0.3, -0.25) is 4.79 Å². The molecule has 2 aliphatic carbocycles. The number of hydrogen-bond donors (Lipinski definition) is 1. The molecule has 0 heterocycles. The summed E-state index contributed by atoms with van der Waals surface area (Å²) < 4.78 is 0. The second-order valence-electron chi connectivity index (χ2n) is 3.93. The number of carbonyl (C=O) groups is 1. The van der Waals surface area contributed by atoms with E-state index >= 15 is 0 Å². The summed E-state index contributed by atoms with van der Waals surface area (Å²) in [5.74, 6) is -0.300. The highest BCUT2D eigenvalue weighted by atomic mass is 16.1. The first-order valence-corrected chi connectivity index (χ1v) is 5.33. The van der Waals surface area contributed by atoms with Gasteiger partial charge < -0.3 is 5.73 Å². The summed E-state index contributed by atoms with van der Waals surface area (Å²) in [5.41, 5.74) is 7.78. The van der Waals surface area contributed by atoms with Crippen molar-refractivity contribution in [3.8, 4) is 0 Å². The van der Waals surface area contributed by atoms with Gasteiger partial charge in [-0.05, 0) is 30.4 Å². The number of nitrogens with two attached hydrogens (primary N) is 1. The fraction of sp³-hybridized carbons (Fsp3) is 0.308. The summed E-state index contributed by atoms with van der Waals surface area (Å²) in [6.07, 6.45) is 15.0. The minimum Gasteiger partial charge on any atom is -0.369 e. The van der Waals surface area contributed by atoms with Gasteiger partial charge >= 0.3 is 0 Å². The van der Waals surface area contributed by atoms with Crippen molar-refractivity contribution in [1.82, 2.24) is 0 Å². The summed E-state index contributed by atoms with van der Waals surface area (Å²) in [6, 6.07) is 0. The molecule has 1 atom stereocenters. The Hall–Kier alpha value is -1.57. The first-order valence-electron chi connectivity index (χ1n) is 5.33. The van der Waals surface area contributed by atoms with Crippen molar-refractivity contribution >= 4 is 5.91 Å². The summed E-state index contributed by atoms with van der Waals surface area (Å²) in [6.45, 7) is 0. The number of carbonyl (C=O) groups excluding carboxylic acids is 1. The van der Waals surface area contributed by atoms with Gasteiger partial charge in [0.25, 0.3) is 0 Å². The smallest absolute Gasteiger partial charge is 0.224 e. The summed E-state index contributed by atoms with van der Waals surface area (Å²) in [4.78, 5) is 11.3. The van der Waals surface area contributed by atoms with Crippen molar-refractivity contribution in [2.75, 3.05) is 0 Å². The zero-order valence-electron chi connectivity index (χ0n) is 8.65. The molecule has 0 spiro atoms. The van der Waals surface area contributed by atoms with Crippen LogP contribution in [0.15, 0.2) is 47.6 Å². The Morgan fingerprint density at radius 2 is 1.93 bits per heavy atom. The van der Waals surface area contributed by atoms with E-state index in [1.165, 1.54) is 5.57 Å². The van der Waals surface area contributed by atoms with Gasteiger partial charge in [0.1, 0.15) is 0 Å². The third-order valence-corrected chi connectivity index (χ3v) is 2.94. The SMILES string of the molecule is NC(=O)C1CCCC2=C1C=CC=CC=C2. The van der Waals surface area contributed by atoms with Gasteiger partial charge in [0.15, 0.2) is 0 Å². The molecule has 0 aliphatic heterocycles. The van der Waals surface area contributed by atoms with Gasteiger partial charge in [-0.2, -0.15) is 0 Å². The predicted molar refractivity (Wildman–Crippen MR) is 61.0 cm³/mol. The van der Waals surface area contributed by atoms with Crippen molar-refractivity contribution in [3.05, 3.63) is 47.6 Å². The summed E-state index contributed by atoms with van der Waals surface area (Å²) >= 11 is 0. The maximum absolute atomic E-state index is 11.3. The molecule has 2 rings (SSSR count). The predicted octanol–water partition coefficient (Wildman–Crippen LogP) is 2.25. The summed E-state index contributed by atoms with van der Waals surface area (Å²) in [7, 11) is 0. The monoisotopic (exact) mass is 201 g/mol. The Labute approximate surface area is 89.8 Å². The zero-order valence-corrected chi connectivity index (χ0v) is 8.65. The third kappa shape index (κ3) is 2.09. The molecule has 0 fully saturated rings. The van der Waals surface area contributed by atoms with Crippen LogP contribution >= 0.6 is 0 Å². The Balaban J connectivity index is 2.39. The fourth-order valence-electron chi connectivity index (χ4n) is 2.18. The molecule has 15 heavy (non-hydrogen) atoms. The van der Waals surface area contributed by atoms with Gasteiger partial charge in [0.2, 0.25) is 5.91 Å². The van der Waals surface area contributed by atoms with Crippen LogP contribution in [0.3, 0.4) is 0 Å². The first-order chi connectivity index (χ1) is 7.29. The third-order valence-electron chi connectivity index (χ3n) is 2.94. The van der Waals surface area contributed by atoms with Crippen LogP contribution in [0, 0.1) is 5.92 Å². The van der Waals surface area contributed by atoms with Gasteiger partial charge in [-0.25, -0.2) is 0 Å². The molecule has 0 radical (unpaired) electrons. The minimum absolute atomic E-state index is 0.0962. The van der Waals surface area contributed by atoms with E-state index in [-0.39, 0.29) is 11.8 Å². The molecule has 2 aliphatic rings. The van der Waals surface area contributed by atoms with Crippen LogP contribution in [0.25, 0.3) is 0 Å². The highest BCUT2D eigenvalue weighted by molar-refractivity contribution is 5.81. The van der Waals surface area contributed by atoms with Crippen molar-refractivity contribution in [1.29, 1.82) is 0 Å². The first kappa shape index (κ1) is 9.97. The number of amides is 1. The molecule has 0 bridgehead atoms. The average molecular weight is 201 g/mol. The van der Waals surface area contributed by atoms with E-state index < -0.39 is 0 Å². The Kier molecular flexibility index (Phi) is 2.86. The molecule has 0 saturated carbocycles. The van der Waals surface area contributed by atoms with Crippen LogP contribution in [0.4, 0.5) is 0 Å². The normalized spacial score (nSPS) is 24.7. The summed E-state index contributed by atoms with van der Waals surface area (Å²) in [5, 5.41) is 0. The van der Waals surface area contributed by atoms with Gasteiger partial charge in [-0.1, -0.05) is 36.5 Å². The minimum atomic E-state index is -0.204. The molecule has 0 aromatic carbocycles. The lowest BCUT2D eigenvalue weighted by Gasteiger charge is -2.23. The number of primary amides is 1. The van der Waals surface area contributed by atoms with Gasteiger partial charge in [0.05, 0.1) is 5.92 Å². The maximum atomic E-state index is 11.3. The second kappa shape index (κ2) is 4.30. The molecular weight excluding hydrogens is 186 g/mol. The van der Waals surface area contributed by atoms with E-state index in [9.17, 15) is 4.79 Å². The second-order valence-corrected chi connectivity index (χ2v) is 3.93. The van der Waals surface area contributed by atoms with Crippen molar-refractivity contribution in [2.24, 2.45) is 11.7 Å². The lowest BCUT2D eigenvalue weighted by atomic mass is 9.81. The van der Waals surface area contributed by atoms with Crippen LogP contribution < -0.4 is 5.73 Å². The molecule has 2 heteroatoms. The molecule has 0 aromatic rings. The van der Waals surface area contributed by atoms with Crippen LogP contribution in [-0.4, -0.2) is 5.91 Å². The number of allylic oxidation sites excluding steroid dienone is 7. The van der Waals surface area contributed by atoms with Crippen molar-refractivity contribution in [2.45, 2.75) is 19.3 Å². The topological polar surface area (TPSA) is 43.1 Å². The lowest BCUT2D eigenvalue weighted by Crippen LogP contribution is -2.27. The van der Waals surface area contributed by atoms with Gasteiger partial charge in [0, 0.05) is 0 Å². The van der Waals surface area contributed by atoms with E-state index in [2.05, 4.69) is 6.08 Å². The molecule has 1 unspecified atom stereocenters. The average Bonchev–Trinajstić information content (AvgIpc) is 2.17. The molecular formula is C13H15NO. The van der Waals surface area contributed by atoms with Crippen molar-refractivity contribution < 1.29 is 4.79 Å². The molecule has 1 amide bonds. The van der Waals surface area contributed by atoms with E-state index in [1.807, 2.05) is 30.4 Å². The maximum Gasteiger partial charge on any atom is 0.224 e. The number of rotatable bonds is 1. The fourth-order valence-corrected chi connectivity index (χ4v) is 2.18. The zero-order chi connectivity index (χ0) is 10.7. The largest absolute Gasteiger partial charge is 0.369 e. The Morgan fingerprint density at radius 3 is 2.67 bits per heavy atom. The van der Waals surface area contributed by atoms with E-state index in [4.69, 9.17) is 5.73 Å². The Morgan fingerprint density at radius 1 is 1.20 bits per heavy atom. The Bertz CT molecular complexity index is 385.